The number of carboxylic acid groups (broad SMARTS) is 1. The molecule has 0 aliphatic heterocycles. The lowest BCUT2D eigenvalue weighted by Gasteiger charge is -2.13. The van der Waals surface area contributed by atoms with Gasteiger partial charge in [0.25, 0.3) is 0 Å². The molecule has 0 fully saturated rings. The minimum absolute atomic E-state index is 0.199. The van der Waals surface area contributed by atoms with Crippen LogP contribution in [0.15, 0.2) is 4.52 Å². The maximum absolute atomic E-state index is 12.6. The van der Waals surface area contributed by atoms with Crippen LogP contribution in [0, 0.1) is 0 Å². The summed E-state index contributed by atoms with van der Waals surface area (Å²) in [6.07, 6.45) is -0.786. The highest BCUT2D eigenvalue weighted by molar-refractivity contribution is 5.64. The van der Waals surface area contributed by atoms with Crippen LogP contribution in [-0.4, -0.2) is 34.6 Å². The first kappa shape index (κ1) is 12.4. The molecule has 1 heterocycles. The van der Waals surface area contributed by atoms with Crippen molar-refractivity contribution in [1.29, 1.82) is 0 Å². The minimum atomic E-state index is -1.10. The van der Waals surface area contributed by atoms with Gasteiger partial charge in [-0.25, -0.2) is 9.18 Å². The molecule has 7 heteroatoms. The molecule has 0 saturated carbocycles. The average molecular weight is 231 g/mol. The highest BCUT2D eigenvalue weighted by Crippen LogP contribution is 2.21. The van der Waals surface area contributed by atoms with Gasteiger partial charge in [-0.15, -0.1) is 0 Å². The normalized spacial score (nSPS) is 11.4. The van der Waals surface area contributed by atoms with Crippen molar-refractivity contribution >= 4 is 6.09 Å². The van der Waals surface area contributed by atoms with E-state index in [1.807, 2.05) is 0 Å². The fraction of sp³-hybridized carbons (Fsp3) is 0.667. The van der Waals surface area contributed by atoms with Gasteiger partial charge in [-0.2, -0.15) is 4.98 Å². The maximum Gasteiger partial charge on any atom is 0.404 e. The summed E-state index contributed by atoms with van der Waals surface area (Å²) in [6.45, 7) is 2.91. The van der Waals surface area contributed by atoms with E-state index in [1.54, 1.807) is 13.8 Å². The number of alkyl halides is 1. The molecule has 1 aromatic heterocycles. The van der Waals surface area contributed by atoms with Crippen molar-refractivity contribution in [3.8, 4) is 0 Å². The predicted molar refractivity (Wildman–Crippen MR) is 53.0 cm³/mol. The number of nitrogens with one attached hydrogen (secondary N) is 1. The molecule has 0 bridgehead atoms. The summed E-state index contributed by atoms with van der Waals surface area (Å²) < 4.78 is 17.5. The number of rotatable bonds is 5. The number of nitrogens with zero attached hydrogens (tertiary/aromatic N) is 2. The molecule has 0 radical (unpaired) electrons. The van der Waals surface area contributed by atoms with Gasteiger partial charge in [0.05, 0.1) is 5.41 Å². The zero-order valence-corrected chi connectivity index (χ0v) is 9.16. The summed E-state index contributed by atoms with van der Waals surface area (Å²) in [4.78, 5) is 14.2. The van der Waals surface area contributed by atoms with Crippen molar-refractivity contribution in [2.45, 2.75) is 25.7 Å². The molecular formula is C9H14FN3O3. The van der Waals surface area contributed by atoms with Crippen molar-refractivity contribution in [3.05, 3.63) is 11.7 Å². The van der Waals surface area contributed by atoms with E-state index in [2.05, 4.69) is 15.5 Å². The van der Waals surface area contributed by atoms with Gasteiger partial charge in [-0.3, -0.25) is 0 Å². The van der Waals surface area contributed by atoms with Gasteiger partial charge < -0.3 is 14.9 Å². The monoisotopic (exact) mass is 231 g/mol. The smallest absolute Gasteiger partial charge is 0.404 e. The van der Waals surface area contributed by atoms with E-state index in [9.17, 15) is 9.18 Å². The Morgan fingerprint density at radius 1 is 1.62 bits per heavy atom. The highest BCUT2D eigenvalue weighted by atomic mass is 19.1. The molecule has 0 aromatic carbocycles. The lowest BCUT2D eigenvalue weighted by molar-refractivity contribution is 0.194. The Bertz CT molecular complexity index is 365. The van der Waals surface area contributed by atoms with Crippen LogP contribution in [0.4, 0.5) is 9.18 Å². The predicted octanol–water partition coefficient (Wildman–Crippen LogP) is 1.13. The van der Waals surface area contributed by atoms with Crippen molar-refractivity contribution < 1.29 is 18.8 Å². The summed E-state index contributed by atoms with van der Waals surface area (Å²) in [5, 5.41) is 14.2. The molecule has 2 N–H and O–H groups in total. The number of hydrogen-bond donors (Lipinski definition) is 2. The van der Waals surface area contributed by atoms with Crippen LogP contribution in [0.25, 0.3) is 0 Å². The first-order valence-electron chi connectivity index (χ1n) is 4.81. The Labute approximate surface area is 91.8 Å². The maximum atomic E-state index is 12.6. The molecule has 1 aromatic rings. The minimum Gasteiger partial charge on any atom is -0.465 e. The average Bonchev–Trinajstić information content (AvgIpc) is 2.66. The SMILES string of the molecule is CC(C)(CF)c1nc(CCNC(=O)O)no1. The summed E-state index contributed by atoms with van der Waals surface area (Å²) >= 11 is 0. The third-order valence-electron chi connectivity index (χ3n) is 2.01. The molecule has 0 aliphatic rings. The zero-order valence-electron chi connectivity index (χ0n) is 9.16. The van der Waals surface area contributed by atoms with Crippen LogP contribution >= 0.6 is 0 Å². The first-order valence-corrected chi connectivity index (χ1v) is 4.81. The van der Waals surface area contributed by atoms with Gasteiger partial charge in [-0.1, -0.05) is 5.16 Å². The van der Waals surface area contributed by atoms with Crippen molar-refractivity contribution in [2.75, 3.05) is 13.2 Å². The largest absolute Gasteiger partial charge is 0.465 e. The molecule has 0 aliphatic carbocycles. The molecule has 0 atom stereocenters. The Morgan fingerprint density at radius 3 is 2.88 bits per heavy atom. The molecule has 90 valence electrons. The van der Waals surface area contributed by atoms with E-state index >= 15 is 0 Å². The molecular weight excluding hydrogens is 217 g/mol. The number of hydrogen-bond acceptors (Lipinski definition) is 4. The van der Waals surface area contributed by atoms with E-state index in [-0.39, 0.29) is 12.4 Å². The standard InChI is InChI=1S/C9H14FN3O3/c1-9(2,5-10)7-12-6(13-16-7)3-4-11-8(14)15/h11H,3-5H2,1-2H3,(H,14,15). The Morgan fingerprint density at radius 2 is 2.31 bits per heavy atom. The van der Waals surface area contributed by atoms with Crippen molar-refractivity contribution in [1.82, 2.24) is 15.5 Å². The third kappa shape index (κ3) is 3.18. The van der Waals surface area contributed by atoms with Gasteiger partial charge >= 0.3 is 6.09 Å². The summed E-state index contributed by atoms with van der Waals surface area (Å²) in [5.41, 5.74) is -0.800. The topological polar surface area (TPSA) is 88.2 Å². The second-order valence-corrected chi connectivity index (χ2v) is 4.02. The molecule has 0 unspecified atom stereocenters. The highest BCUT2D eigenvalue weighted by Gasteiger charge is 2.27. The van der Waals surface area contributed by atoms with Crippen LogP contribution < -0.4 is 5.32 Å². The summed E-state index contributed by atoms with van der Waals surface area (Å²) in [5.74, 6) is 0.589. The summed E-state index contributed by atoms with van der Waals surface area (Å²) in [7, 11) is 0. The molecule has 0 spiro atoms. The lowest BCUT2D eigenvalue weighted by atomic mass is 9.96. The van der Waals surface area contributed by atoms with Gasteiger partial charge in [0, 0.05) is 13.0 Å². The van der Waals surface area contributed by atoms with Crippen LogP contribution in [0.2, 0.25) is 0 Å². The second-order valence-electron chi connectivity index (χ2n) is 4.02. The number of carbonyl (C=O) groups is 1. The molecule has 1 amide bonds. The molecule has 0 saturated heterocycles. The molecule has 16 heavy (non-hydrogen) atoms. The molecule has 6 nitrogen and oxygen atoms in total. The second kappa shape index (κ2) is 4.91. The number of halogens is 1. The van der Waals surface area contributed by atoms with Gasteiger partial charge in [0.1, 0.15) is 6.67 Å². The Hall–Kier alpha value is -1.66. The van der Waals surface area contributed by atoms with Gasteiger partial charge in [0.15, 0.2) is 5.82 Å². The van der Waals surface area contributed by atoms with Gasteiger partial charge in [0.2, 0.25) is 5.89 Å². The number of aromatic nitrogens is 2. The van der Waals surface area contributed by atoms with Crippen LogP contribution in [0.3, 0.4) is 0 Å². The zero-order chi connectivity index (χ0) is 12.2. The van der Waals surface area contributed by atoms with Crippen LogP contribution in [-0.2, 0) is 11.8 Å². The third-order valence-corrected chi connectivity index (χ3v) is 2.01. The van der Waals surface area contributed by atoms with Crippen molar-refractivity contribution in [2.24, 2.45) is 0 Å². The first-order chi connectivity index (χ1) is 7.45. The van der Waals surface area contributed by atoms with E-state index in [1.165, 1.54) is 0 Å². The Kier molecular flexibility index (Phi) is 3.81. The van der Waals surface area contributed by atoms with Crippen molar-refractivity contribution in [3.63, 3.8) is 0 Å². The van der Waals surface area contributed by atoms with E-state index in [0.717, 1.165) is 0 Å². The van der Waals surface area contributed by atoms with E-state index < -0.39 is 18.2 Å². The fourth-order valence-corrected chi connectivity index (χ4v) is 0.969. The van der Waals surface area contributed by atoms with E-state index in [0.29, 0.717) is 12.2 Å². The lowest BCUT2D eigenvalue weighted by Crippen LogP contribution is -2.24. The van der Waals surface area contributed by atoms with Crippen LogP contribution in [0.5, 0.6) is 0 Å². The number of amides is 1. The van der Waals surface area contributed by atoms with Gasteiger partial charge in [-0.05, 0) is 13.8 Å². The summed E-state index contributed by atoms with van der Waals surface area (Å²) in [6, 6.07) is 0. The Balaban J connectivity index is 2.55. The van der Waals surface area contributed by atoms with E-state index in [4.69, 9.17) is 9.63 Å². The van der Waals surface area contributed by atoms with Crippen LogP contribution in [0.1, 0.15) is 25.6 Å². The fourth-order valence-electron chi connectivity index (χ4n) is 0.969. The molecule has 1 rings (SSSR count). The quantitative estimate of drug-likeness (QED) is 0.792.